The lowest BCUT2D eigenvalue weighted by molar-refractivity contribution is -0.143. The Morgan fingerprint density at radius 2 is 2.30 bits per heavy atom. The Bertz CT molecular complexity index is 132. The van der Waals surface area contributed by atoms with Crippen molar-refractivity contribution >= 4 is 18.6 Å². The Morgan fingerprint density at radius 3 is 2.40 bits per heavy atom. The van der Waals surface area contributed by atoms with E-state index in [1.54, 1.807) is 0 Å². The highest BCUT2D eigenvalue weighted by atomic mass is 32.1. The van der Waals surface area contributed by atoms with Crippen LogP contribution in [0.4, 0.5) is 0 Å². The van der Waals surface area contributed by atoms with Crippen molar-refractivity contribution in [2.24, 2.45) is 11.8 Å². The second-order valence-electron chi connectivity index (χ2n) is 2.82. The average Bonchev–Trinajstić information content (AvgIpc) is 1.76. The Morgan fingerprint density at radius 1 is 1.70 bits per heavy atom. The Hall–Kier alpha value is -0.180. The Labute approximate surface area is 66.0 Å². The third kappa shape index (κ3) is 1.45. The molecule has 1 fully saturated rings. The molecule has 1 aliphatic rings. The highest BCUT2D eigenvalue weighted by Crippen LogP contribution is 2.33. The van der Waals surface area contributed by atoms with Crippen molar-refractivity contribution in [3.8, 4) is 0 Å². The minimum Gasteiger partial charge on any atom is -0.481 e. The number of rotatable bonds is 3. The lowest BCUT2D eigenvalue weighted by Crippen LogP contribution is -2.29. The molecule has 1 atom stereocenters. The number of carboxylic acids is 1. The van der Waals surface area contributed by atoms with Crippen molar-refractivity contribution < 1.29 is 9.90 Å². The van der Waals surface area contributed by atoms with E-state index in [4.69, 9.17) is 5.11 Å². The predicted octanol–water partition coefficient (Wildman–Crippen LogP) is 1.42. The first-order chi connectivity index (χ1) is 4.75. The normalized spacial score (nSPS) is 21.7. The fourth-order valence-corrected chi connectivity index (χ4v) is 1.73. The van der Waals surface area contributed by atoms with Crippen LogP contribution in [0.5, 0.6) is 0 Å². The van der Waals surface area contributed by atoms with Gasteiger partial charge in [0.1, 0.15) is 0 Å². The summed E-state index contributed by atoms with van der Waals surface area (Å²) in [5.74, 6) is 0.0202. The van der Waals surface area contributed by atoms with Gasteiger partial charge in [0.25, 0.3) is 0 Å². The van der Waals surface area contributed by atoms with Gasteiger partial charge in [-0.05, 0) is 18.8 Å². The van der Waals surface area contributed by atoms with Crippen LogP contribution >= 0.6 is 12.6 Å². The van der Waals surface area contributed by atoms with Crippen LogP contribution in [0.3, 0.4) is 0 Å². The van der Waals surface area contributed by atoms with Gasteiger partial charge in [0.2, 0.25) is 0 Å². The second kappa shape index (κ2) is 3.28. The van der Waals surface area contributed by atoms with E-state index in [-0.39, 0.29) is 5.92 Å². The molecular weight excluding hydrogens is 148 g/mol. The van der Waals surface area contributed by atoms with Crippen LogP contribution in [0.15, 0.2) is 0 Å². The SMILES string of the molecule is O=C(O)C(CS)C1CCC1. The molecule has 0 aromatic carbocycles. The lowest BCUT2D eigenvalue weighted by Gasteiger charge is -2.29. The lowest BCUT2D eigenvalue weighted by atomic mass is 9.77. The average molecular weight is 160 g/mol. The van der Waals surface area contributed by atoms with Crippen molar-refractivity contribution in [1.29, 1.82) is 0 Å². The Kier molecular flexibility index (Phi) is 2.60. The number of carbonyl (C=O) groups is 1. The number of carboxylic acid groups (broad SMARTS) is 1. The molecule has 58 valence electrons. The molecule has 0 amide bonds. The molecule has 0 bridgehead atoms. The van der Waals surface area contributed by atoms with Gasteiger partial charge in [-0.2, -0.15) is 12.6 Å². The van der Waals surface area contributed by atoms with Gasteiger partial charge in [-0.15, -0.1) is 0 Å². The van der Waals surface area contributed by atoms with Gasteiger partial charge in [0, 0.05) is 5.75 Å². The number of hydrogen-bond acceptors (Lipinski definition) is 2. The third-order valence-electron chi connectivity index (χ3n) is 2.23. The fourth-order valence-electron chi connectivity index (χ4n) is 1.27. The molecule has 0 aliphatic heterocycles. The van der Waals surface area contributed by atoms with E-state index < -0.39 is 5.97 Å². The van der Waals surface area contributed by atoms with E-state index in [9.17, 15) is 4.79 Å². The van der Waals surface area contributed by atoms with E-state index in [0.717, 1.165) is 12.8 Å². The maximum Gasteiger partial charge on any atom is 0.307 e. The monoisotopic (exact) mass is 160 g/mol. The molecule has 3 heteroatoms. The van der Waals surface area contributed by atoms with Gasteiger partial charge in [-0.25, -0.2) is 0 Å². The molecule has 2 nitrogen and oxygen atoms in total. The number of aliphatic carboxylic acids is 1. The summed E-state index contributed by atoms with van der Waals surface area (Å²) in [7, 11) is 0. The van der Waals surface area contributed by atoms with E-state index in [1.165, 1.54) is 6.42 Å². The van der Waals surface area contributed by atoms with E-state index in [2.05, 4.69) is 12.6 Å². The van der Waals surface area contributed by atoms with E-state index in [1.807, 2.05) is 0 Å². The van der Waals surface area contributed by atoms with Gasteiger partial charge >= 0.3 is 5.97 Å². The first-order valence-electron chi connectivity index (χ1n) is 3.59. The van der Waals surface area contributed by atoms with Crippen LogP contribution in [0.1, 0.15) is 19.3 Å². The summed E-state index contributed by atoms with van der Waals surface area (Å²) in [5.41, 5.74) is 0. The molecule has 1 unspecified atom stereocenters. The smallest absolute Gasteiger partial charge is 0.307 e. The minimum atomic E-state index is -0.681. The molecule has 0 aromatic heterocycles. The summed E-state index contributed by atoms with van der Waals surface area (Å²) in [4.78, 5) is 10.5. The molecule has 1 aliphatic carbocycles. The van der Waals surface area contributed by atoms with Crippen LogP contribution in [0.2, 0.25) is 0 Å². The molecule has 0 saturated heterocycles. The molecular formula is C7H12O2S. The number of thiol groups is 1. The van der Waals surface area contributed by atoms with Crippen LogP contribution < -0.4 is 0 Å². The number of hydrogen-bond donors (Lipinski definition) is 2. The summed E-state index contributed by atoms with van der Waals surface area (Å²) >= 11 is 4.00. The van der Waals surface area contributed by atoms with Crippen LogP contribution in [0, 0.1) is 11.8 Å². The molecule has 1 N–H and O–H groups in total. The predicted molar refractivity (Wildman–Crippen MR) is 42.3 cm³/mol. The van der Waals surface area contributed by atoms with Crippen molar-refractivity contribution in [3.05, 3.63) is 0 Å². The minimum absolute atomic E-state index is 0.197. The summed E-state index contributed by atoms with van der Waals surface area (Å²) in [5, 5.41) is 8.66. The third-order valence-corrected chi connectivity index (χ3v) is 2.63. The summed E-state index contributed by atoms with van der Waals surface area (Å²) in [6, 6.07) is 0. The largest absolute Gasteiger partial charge is 0.481 e. The van der Waals surface area contributed by atoms with Gasteiger partial charge in [0.05, 0.1) is 5.92 Å². The molecule has 10 heavy (non-hydrogen) atoms. The highest BCUT2D eigenvalue weighted by Gasteiger charge is 2.30. The first-order valence-corrected chi connectivity index (χ1v) is 4.22. The van der Waals surface area contributed by atoms with Gasteiger partial charge in [-0.1, -0.05) is 6.42 Å². The highest BCUT2D eigenvalue weighted by molar-refractivity contribution is 7.80. The van der Waals surface area contributed by atoms with Gasteiger partial charge < -0.3 is 5.11 Å². The molecule has 0 heterocycles. The zero-order chi connectivity index (χ0) is 7.56. The Balaban J connectivity index is 2.39. The van der Waals surface area contributed by atoms with Crippen molar-refractivity contribution in [3.63, 3.8) is 0 Å². The summed E-state index contributed by atoms with van der Waals surface area (Å²) in [6.45, 7) is 0. The molecule has 0 aromatic rings. The van der Waals surface area contributed by atoms with Crippen LogP contribution in [-0.2, 0) is 4.79 Å². The zero-order valence-corrected chi connectivity index (χ0v) is 6.68. The quantitative estimate of drug-likeness (QED) is 0.613. The van der Waals surface area contributed by atoms with Crippen LogP contribution in [-0.4, -0.2) is 16.8 Å². The molecule has 1 saturated carbocycles. The zero-order valence-electron chi connectivity index (χ0n) is 5.79. The van der Waals surface area contributed by atoms with Crippen molar-refractivity contribution in [1.82, 2.24) is 0 Å². The van der Waals surface area contributed by atoms with Gasteiger partial charge in [0.15, 0.2) is 0 Å². The molecule has 0 spiro atoms. The topological polar surface area (TPSA) is 37.3 Å². The van der Waals surface area contributed by atoms with Gasteiger partial charge in [-0.3, -0.25) is 4.79 Å². The van der Waals surface area contributed by atoms with Crippen molar-refractivity contribution in [2.75, 3.05) is 5.75 Å². The summed E-state index contributed by atoms with van der Waals surface area (Å²) < 4.78 is 0. The van der Waals surface area contributed by atoms with Crippen molar-refractivity contribution in [2.45, 2.75) is 19.3 Å². The van der Waals surface area contributed by atoms with E-state index >= 15 is 0 Å². The van der Waals surface area contributed by atoms with Crippen LogP contribution in [0.25, 0.3) is 0 Å². The molecule has 1 rings (SSSR count). The first kappa shape index (κ1) is 7.92. The van der Waals surface area contributed by atoms with E-state index in [0.29, 0.717) is 11.7 Å². The molecule has 0 radical (unpaired) electrons. The summed E-state index contributed by atoms with van der Waals surface area (Å²) in [6.07, 6.45) is 3.36. The maximum absolute atomic E-state index is 10.5. The fraction of sp³-hybridized carbons (Fsp3) is 0.857. The second-order valence-corrected chi connectivity index (χ2v) is 3.18. The standard InChI is InChI=1S/C7H12O2S/c8-7(9)6(4-10)5-2-1-3-5/h5-6,10H,1-4H2,(H,8,9). The maximum atomic E-state index is 10.5.